The quantitative estimate of drug-likeness (QED) is 0.406. The molecular weight excluding hydrogens is 402 g/mol. The second-order valence-corrected chi connectivity index (χ2v) is 7.63. The largest absolute Gasteiger partial charge is 0.505 e. The summed E-state index contributed by atoms with van der Waals surface area (Å²) >= 11 is 0. The van der Waals surface area contributed by atoms with E-state index in [9.17, 15) is 9.90 Å². The van der Waals surface area contributed by atoms with E-state index in [0.717, 1.165) is 44.7 Å². The molecule has 5 aromatic rings. The highest BCUT2D eigenvalue weighted by molar-refractivity contribution is 5.99. The summed E-state index contributed by atoms with van der Waals surface area (Å²) < 4.78 is 0. The number of nitrogens with one attached hydrogen (secondary N) is 2. The lowest BCUT2D eigenvalue weighted by molar-refractivity contribution is 0.0941. The van der Waals surface area contributed by atoms with Crippen molar-refractivity contribution in [1.82, 2.24) is 25.3 Å². The Balaban J connectivity index is 1.49. The number of pyridine rings is 2. The van der Waals surface area contributed by atoms with Crippen LogP contribution in [0.2, 0.25) is 0 Å². The highest BCUT2D eigenvalue weighted by Crippen LogP contribution is 2.47. The van der Waals surface area contributed by atoms with Crippen LogP contribution in [0.4, 0.5) is 0 Å². The lowest BCUT2D eigenvalue weighted by Crippen LogP contribution is -2.28. The summed E-state index contributed by atoms with van der Waals surface area (Å²) in [5.74, 6) is 0.234. The third-order valence-corrected chi connectivity index (χ3v) is 5.81. The highest BCUT2D eigenvalue weighted by Gasteiger charge is 2.32. The number of nitrogens with zero attached hydrogens (tertiary/aromatic N) is 3. The first-order valence-electron chi connectivity index (χ1n) is 10.2. The van der Waals surface area contributed by atoms with Crippen LogP contribution in [0.15, 0.2) is 79.4 Å². The molecule has 6 rings (SSSR count). The number of carbonyl (C=O) groups is 1. The molecule has 32 heavy (non-hydrogen) atoms. The van der Waals surface area contributed by atoms with Gasteiger partial charge in [-0.25, -0.2) is 4.98 Å². The second-order valence-electron chi connectivity index (χ2n) is 7.63. The van der Waals surface area contributed by atoms with E-state index < -0.39 is 0 Å². The Morgan fingerprint density at radius 1 is 0.906 bits per heavy atom. The first kappa shape index (κ1) is 18.3. The zero-order valence-electron chi connectivity index (χ0n) is 16.8. The van der Waals surface area contributed by atoms with Crippen molar-refractivity contribution < 1.29 is 9.90 Å². The van der Waals surface area contributed by atoms with E-state index in [1.54, 1.807) is 12.4 Å². The van der Waals surface area contributed by atoms with Gasteiger partial charge in [-0.05, 0) is 34.4 Å². The monoisotopic (exact) mass is 419 g/mol. The number of amides is 1. The molecule has 7 nitrogen and oxygen atoms in total. The molecule has 7 heteroatoms. The fraction of sp³-hybridized carbons (Fsp3) is 0.0400. The van der Waals surface area contributed by atoms with Gasteiger partial charge in [-0.1, -0.05) is 42.5 Å². The van der Waals surface area contributed by atoms with Gasteiger partial charge in [0.15, 0.2) is 0 Å². The van der Waals surface area contributed by atoms with E-state index in [4.69, 9.17) is 4.98 Å². The minimum absolute atomic E-state index is 0.152. The number of hydrogen-bond acceptors (Lipinski definition) is 5. The topological polar surface area (TPSA) is 104 Å². The number of imidazole rings is 1. The van der Waals surface area contributed by atoms with Crippen LogP contribution in [-0.4, -0.2) is 30.9 Å². The average Bonchev–Trinajstić information content (AvgIpc) is 3.39. The molecular formula is C25H17N5O2. The van der Waals surface area contributed by atoms with Crippen LogP contribution in [0.1, 0.15) is 27.5 Å². The number of carbonyl (C=O) groups excluding carboxylic acids is 1. The highest BCUT2D eigenvalue weighted by atomic mass is 16.3. The zero-order valence-corrected chi connectivity index (χ0v) is 16.8. The SMILES string of the molecule is O=C(NC1c2ccccc2-c2c(-c3nc4ccncc4[nH]3)cccc21)c1ccncc1O. The van der Waals surface area contributed by atoms with Crippen molar-refractivity contribution in [3.8, 4) is 28.3 Å². The van der Waals surface area contributed by atoms with E-state index in [1.165, 1.54) is 18.5 Å². The standard InChI is InChI=1S/C25H17N5O2/c31-21-13-27-10-8-16(21)25(32)30-23-15-5-2-1-4-14(15)22-17(23)6-3-7-18(22)24-28-19-9-11-26-12-20(19)29-24/h1-13,23,31H,(H,28,29)(H,30,32). The Morgan fingerprint density at radius 3 is 2.56 bits per heavy atom. The molecule has 3 N–H and O–H groups in total. The van der Waals surface area contributed by atoms with Crippen molar-refractivity contribution >= 4 is 16.9 Å². The Morgan fingerprint density at radius 2 is 1.69 bits per heavy atom. The molecule has 0 fully saturated rings. The van der Waals surface area contributed by atoms with Crippen LogP contribution in [0, 0.1) is 0 Å². The number of H-pyrrole nitrogens is 1. The molecule has 3 aromatic heterocycles. The molecule has 0 aliphatic heterocycles. The van der Waals surface area contributed by atoms with Gasteiger partial charge in [-0.2, -0.15) is 0 Å². The van der Waals surface area contributed by atoms with Crippen LogP contribution in [0.5, 0.6) is 5.75 Å². The maximum atomic E-state index is 13.0. The average molecular weight is 419 g/mol. The molecule has 0 saturated heterocycles. The van der Waals surface area contributed by atoms with Gasteiger partial charge in [0.1, 0.15) is 11.6 Å². The first-order chi connectivity index (χ1) is 15.7. The molecule has 154 valence electrons. The number of rotatable bonds is 3. The third kappa shape index (κ3) is 2.75. The molecule has 1 aliphatic carbocycles. The lowest BCUT2D eigenvalue weighted by Gasteiger charge is -2.16. The van der Waals surface area contributed by atoms with Crippen LogP contribution < -0.4 is 5.32 Å². The first-order valence-corrected chi connectivity index (χ1v) is 10.2. The van der Waals surface area contributed by atoms with Gasteiger partial charge >= 0.3 is 0 Å². The maximum absolute atomic E-state index is 13.0. The van der Waals surface area contributed by atoms with Crippen molar-refractivity contribution in [2.24, 2.45) is 0 Å². The van der Waals surface area contributed by atoms with Crippen molar-refractivity contribution in [2.45, 2.75) is 6.04 Å². The molecule has 1 atom stereocenters. The summed E-state index contributed by atoms with van der Waals surface area (Å²) in [6.45, 7) is 0. The fourth-order valence-electron chi connectivity index (χ4n) is 4.38. The number of aromatic nitrogens is 4. The van der Waals surface area contributed by atoms with Crippen molar-refractivity contribution in [3.63, 3.8) is 0 Å². The molecule has 0 spiro atoms. The molecule has 3 heterocycles. The van der Waals surface area contributed by atoms with Crippen LogP contribution in [0.25, 0.3) is 33.5 Å². The van der Waals surface area contributed by atoms with Gasteiger partial charge in [-0.15, -0.1) is 0 Å². The predicted octanol–water partition coefficient (Wildman–Crippen LogP) is 4.23. The van der Waals surface area contributed by atoms with Crippen molar-refractivity contribution in [1.29, 1.82) is 0 Å². The van der Waals surface area contributed by atoms with Crippen LogP contribution >= 0.6 is 0 Å². The number of benzene rings is 2. The summed E-state index contributed by atoms with van der Waals surface area (Å²) in [4.78, 5) is 29.1. The fourth-order valence-corrected chi connectivity index (χ4v) is 4.38. The summed E-state index contributed by atoms with van der Waals surface area (Å²) in [7, 11) is 0. The normalized spacial score (nSPS) is 14.2. The Bertz CT molecular complexity index is 1470. The Labute approximate surface area is 182 Å². The van der Waals surface area contributed by atoms with Crippen molar-refractivity contribution in [3.05, 3.63) is 96.1 Å². The zero-order chi connectivity index (χ0) is 21.7. The Kier molecular flexibility index (Phi) is 4.01. The molecule has 1 amide bonds. The lowest BCUT2D eigenvalue weighted by atomic mass is 9.98. The predicted molar refractivity (Wildman–Crippen MR) is 120 cm³/mol. The van der Waals surface area contributed by atoms with Crippen LogP contribution in [0.3, 0.4) is 0 Å². The van der Waals surface area contributed by atoms with Gasteiger partial charge in [-0.3, -0.25) is 14.8 Å². The minimum Gasteiger partial charge on any atom is -0.505 e. The number of fused-ring (bicyclic) bond motifs is 4. The summed E-state index contributed by atoms with van der Waals surface area (Å²) in [5, 5.41) is 13.2. The Hall–Kier alpha value is -4.52. The van der Waals surface area contributed by atoms with Gasteiger partial charge in [0.25, 0.3) is 5.91 Å². The van der Waals surface area contributed by atoms with Gasteiger partial charge in [0, 0.05) is 18.0 Å². The van der Waals surface area contributed by atoms with Crippen LogP contribution in [-0.2, 0) is 0 Å². The summed E-state index contributed by atoms with van der Waals surface area (Å²) in [5.41, 5.74) is 6.89. The van der Waals surface area contributed by atoms with Crippen molar-refractivity contribution in [2.75, 3.05) is 0 Å². The molecule has 1 aliphatic rings. The second kappa shape index (κ2) is 7.02. The molecule has 0 radical (unpaired) electrons. The molecule has 2 aromatic carbocycles. The summed E-state index contributed by atoms with van der Waals surface area (Å²) in [6, 6.07) is 17.0. The van der Waals surface area contributed by atoms with Gasteiger partial charge < -0.3 is 15.4 Å². The molecule has 0 saturated carbocycles. The molecule has 0 bridgehead atoms. The van der Waals surface area contributed by atoms with Gasteiger partial charge in [0.05, 0.1) is 35.0 Å². The van der Waals surface area contributed by atoms with E-state index in [2.05, 4.69) is 26.3 Å². The minimum atomic E-state index is -0.363. The summed E-state index contributed by atoms with van der Waals surface area (Å²) in [6.07, 6.45) is 6.23. The van der Waals surface area contributed by atoms with E-state index >= 15 is 0 Å². The maximum Gasteiger partial charge on any atom is 0.255 e. The number of aromatic hydroxyl groups is 1. The van der Waals surface area contributed by atoms with E-state index in [0.29, 0.717) is 0 Å². The smallest absolute Gasteiger partial charge is 0.255 e. The number of hydrogen-bond donors (Lipinski definition) is 3. The molecule has 1 unspecified atom stereocenters. The van der Waals surface area contributed by atoms with E-state index in [-0.39, 0.29) is 23.3 Å². The third-order valence-electron chi connectivity index (χ3n) is 5.81. The number of aromatic amines is 1. The van der Waals surface area contributed by atoms with E-state index in [1.807, 2.05) is 42.5 Å². The van der Waals surface area contributed by atoms with Gasteiger partial charge in [0.2, 0.25) is 0 Å².